The molecule has 0 saturated carbocycles. The molecule has 3 heterocycles. The lowest BCUT2D eigenvalue weighted by Gasteiger charge is -2.11. The van der Waals surface area contributed by atoms with Crippen molar-refractivity contribution in [1.82, 2.24) is 9.13 Å². The summed E-state index contributed by atoms with van der Waals surface area (Å²) in [5.74, 6) is 0. The van der Waals surface area contributed by atoms with Gasteiger partial charge in [-0.2, -0.15) is 0 Å². The average molecular weight is 743 g/mol. The second kappa shape index (κ2) is 13.5. The van der Waals surface area contributed by atoms with Crippen LogP contribution >= 0.6 is 0 Å². The Morgan fingerprint density at radius 2 is 1.05 bits per heavy atom. The molecule has 3 aromatic heterocycles. The Balaban J connectivity index is 1.01. The van der Waals surface area contributed by atoms with Gasteiger partial charge in [-0.15, -0.1) is 0 Å². The SMILES string of the molecule is C=C/C(=C\C=C/C)c1cccc(-n2c3ccccc3c3cc(-c4ccc5c(c4)c4ccccc4n5-c4ccc(-c5cccc6c5oc5ccccc56)cc4)ccc32)c1. The molecular weight excluding hydrogens is 705 g/mol. The van der Waals surface area contributed by atoms with Crippen molar-refractivity contribution in [3.8, 4) is 33.6 Å². The second-order valence-electron chi connectivity index (χ2n) is 14.9. The highest BCUT2D eigenvalue weighted by Crippen LogP contribution is 2.40. The van der Waals surface area contributed by atoms with E-state index in [1.807, 2.05) is 31.2 Å². The van der Waals surface area contributed by atoms with Crippen LogP contribution < -0.4 is 0 Å². The van der Waals surface area contributed by atoms with Crippen LogP contribution in [0.3, 0.4) is 0 Å². The van der Waals surface area contributed by atoms with Gasteiger partial charge in [-0.1, -0.05) is 140 Å². The van der Waals surface area contributed by atoms with Gasteiger partial charge in [-0.25, -0.2) is 0 Å². The predicted octanol–water partition coefficient (Wildman–Crippen LogP) is 15.3. The molecule has 0 fully saturated rings. The number of benzene rings is 8. The van der Waals surface area contributed by atoms with Gasteiger partial charge in [0.05, 0.1) is 22.1 Å². The summed E-state index contributed by atoms with van der Waals surface area (Å²) in [6.45, 7) is 6.12. The first-order valence-electron chi connectivity index (χ1n) is 19.8. The topological polar surface area (TPSA) is 23.0 Å². The summed E-state index contributed by atoms with van der Waals surface area (Å²) < 4.78 is 11.2. The van der Waals surface area contributed by atoms with Crippen molar-refractivity contribution in [3.63, 3.8) is 0 Å². The van der Waals surface area contributed by atoms with Gasteiger partial charge in [0.15, 0.2) is 0 Å². The Hall–Kier alpha value is -7.62. The van der Waals surface area contributed by atoms with Crippen LogP contribution in [0.15, 0.2) is 211 Å². The molecule has 0 saturated heterocycles. The van der Waals surface area contributed by atoms with Crippen molar-refractivity contribution < 1.29 is 4.42 Å². The zero-order valence-corrected chi connectivity index (χ0v) is 32.1. The van der Waals surface area contributed by atoms with Crippen molar-refractivity contribution in [2.75, 3.05) is 0 Å². The molecule has 58 heavy (non-hydrogen) atoms. The maximum atomic E-state index is 6.38. The number of para-hydroxylation sites is 4. The van der Waals surface area contributed by atoms with E-state index >= 15 is 0 Å². The molecule has 11 rings (SSSR count). The third-order valence-electron chi connectivity index (χ3n) is 11.6. The van der Waals surface area contributed by atoms with Gasteiger partial charge < -0.3 is 13.6 Å². The van der Waals surface area contributed by atoms with E-state index in [0.717, 1.165) is 55.6 Å². The molecule has 274 valence electrons. The molecule has 8 aromatic carbocycles. The van der Waals surface area contributed by atoms with Crippen LogP contribution in [0.1, 0.15) is 12.5 Å². The fraction of sp³-hybridized carbons (Fsp3) is 0.0182. The fourth-order valence-corrected chi connectivity index (χ4v) is 8.93. The minimum absolute atomic E-state index is 0.912. The second-order valence-corrected chi connectivity index (χ2v) is 14.9. The van der Waals surface area contributed by atoms with Gasteiger partial charge in [-0.05, 0) is 101 Å². The first kappa shape index (κ1) is 33.7. The van der Waals surface area contributed by atoms with E-state index < -0.39 is 0 Å². The predicted molar refractivity (Wildman–Crippen MR) is 246 cm³/mol. The molecule has 0 aliphatic heterocycles. The van der Waals surface area contributed by atoms with Gasteiger partial charge in [0.2, 0.25) is 0 Å². The monoisotopic (exact) mass is 742 g/mol. The number of aromatic nitrogens is 2. The Labute approximate surface area is 336 Å². The molecule has 11 aromatic rings. The van der Waals surface area contributed by atoms with Crippen molar-refractivity contribution in [2.45, 2.75) is 6.92 Å². The quantitative estimate of drug-likeness (QED) is 0.149. The lowest BCUT2D eigenvalue weighted by molar-refractivity contribution is 0.670. The fourth-order valence-electron chi connectivity index (χ4n) is 8.93. The third-order valence-corrected chi connectivity index (χ3v) is 11.6. The molecule has 0 spiro atoms. The van der Waals surface area contributed by atoms with E-state index in [-0.39, 0.29) is 0 Å². The normalized spacial score (nSPS) is 12.3. The first-order chi connectivity index (χ1) is 28.7. The van der Waals surface area contributed by atoms with Crippen molar-refractivity contribution in [2.24, 2.45) is 0 Å². The van der Waals surface area contributed by atoms with E-state index in [2.05, 4.69) is 192 Å². The van der Waals surface area contributed by atoms with E-state index in [1.54, 1.807) is 0 Å². The molecule has 0 radical (unpaired) electrons. The van der Waals surface area contributed by atoms with E-state index in [4.69, 9.17) is 4.42 Å². The lowest BCUT2D eigenvalue weighted by atomic mass is 10.0. The number of allylic oxidation sites excluding steroid dienone is 5. The van der Waals surface area contributed by atoms with Crippen LogP contribution in [0.4, 0.5) is 0 Å². The number of hydrogen-bond acceptors (Lipinski definition) is 1. The molecular formula is C55H38N2O. The lowest BCUT2D eigenvalue weighted by Crippen LogP contribution is -1.95. The van der Waals surface area contributed by atoms with E-state index in [9.17, 15) is 0 Å². The Morgan fingerprint density at radius 1 is 0.483 bits per heavy atom. The summed E-state index contributed by atoms with van der Waals surface area (Å²) in [7, 11) is 0. The number of fused-ring (bicyclic) bond motifs is 9. The number of hydrogen-bond donors (Lipinski definition) is 0. The van der Waals surface area contributed by atoms with Crippen molar-refractivity contribution >= 4 is 71.1 Å². The summed E-state index contributed by atoms with van der Waals surface area (Å²) >= 11 is 0. The Kier molecular flexibility index (Phi) is 7.87. The summed E-state index contributed by atoms with van der Waals surface area (Å²) in [4.78, 5) is 0. The molecule has 0 atom stereocenters. The molecule has 0 aliphatic carbocycles. The first-order valence-corrected chi connectivity index (χ1v) is 19.8. The highest BCUT2D eigenvalue weighted by atomic mass is 16.3. The average Bonchev–Trinajstić information content (AvgIpc) is 3.94. The van der Waals surface area contributed by atoms with Crippen molar-refractivity contribution in [3.05, 3.63) is 212 Å². The van der Waals surface area contributed by atoms with Crippen LogP contribution in [-0.2, 0) is 0 Å². The molecule has 3 nitrogen and oxygen atoms in total. The van der Waals surface area contributed by atoms with Gasteiger partial charge in [-0.3, -0.25) is 0 Å². The summed E-state index contributed by atoms with van der Waals surface area (Å²) in [5.41, 5.74) is 15.6. The largest absolute Gasteiger partial charge is 0.455 e. The zero-order valence-electron chi connectivity index (χ0n) is 32.1. The van der Waals surface area contributed by atoms with E-state index in [0.29, 0.717) is 0 Å². The van der Waals surface area contributed by atoms with Crippen molar-refractivity contribution in [1.29, 1.82) is 0 Å². The standard InChI is InChI=1S/C55H38N2O/c1-3-5-14-36(4-2)38-15-12-16-42(33-38)57-51-23-10-7-18-45(51)49-35-40(28-32-53(49)57)39-27-31-52-48(34-39)44-17-6-9-22-50(44)56(52)41-29-25-37(26-30-41)43-20-13-21-47-46-19-8-11-24-54(46)58-55(43)47/h3-35H,2H2,1H3/b5-3-,36-14+. The molecule has 0 amide bonds. The van der Waals surface area contributed by atoms with Crippen LogP contribution in [-0.4, -0.2) is 9.13 Å². The number of furan rings is 1. The summed E-state index contributed by atoms with van der Waals surface area (Å²) in [6.07, 6.45) is 8.13. The molecule has 0 bridgehead atoms. The smallest absolute Gasteiger partial charge is 0.143 e. The van der Waals surface area contributed by atoms with Gasteiger partial charge in [0, 0.05) is 49.3 Å². The highest BCUT2D eigenvalue weighted by Gasteiger charge is 2.17. The number of rotatable bonds is 7. The highest BCUT2D eigenvalue weighted by molar-refractivity contribution is 6.13. The summed E-state index contributed by atoms with van der Waals surface area (Å²) in [6, 6.07) is 63.6. The Bertz CT molecular complexity index is 3470. The van der Waals surface area contributed by atoms with Gasteiger partial charge in [0.25, 0.3) is 0 Å². The maximum Gasteiger partial charge on any atom is 0.143 e. The summed E-state index contributed by atoms with van der Waals surface area (Å²) in [5, 5.41) is 7.21. The zero-order chi connectivity index (χ0) is 38.7. The van der Waals surface area contributed by atoms with E-state index in [1.165, 1.54) is 54.7 Å². The van der Waals surface area contributed by atoms with Gasteiger partial charge >= 0.3 is 0 Å². The third kappa shape index (κ3) is 5.28. The molecule has 0 aliphatic rings. The molecule has 0 unspecified atom stereocenters. The van der Waals surface area contributed by atoms with Crippen LogP contribution in [0, 0.1) is 0 Å². The minimum atomic E-state index is 0.912. The van der Waals surface area contributed by atoms with Gasteiger partial charge in [0.1, 0.15) is 11.2 Å². The molecule has 0 N–H and O–H groups in total. The number of nitrogens with zero attached hydrogens (tertiary/aromatic N) is 2. The van der Waals surface area contributed by atoms with Crippen LogP contribution in [0.5, 0.6) is 0 Å². The van der Waals surface area contributed by atoms with Crippen LogP contribution in [0.25, 0.3) is 105 Å². The Morgan fingerprint density at radius 3 is 1.72 bits per heavy atom. The maximum absolute atomic E-state index is 6.38. The minimum Gasteiger partial charge on any atom is -0.455 e. The molecule has 3 heteroatoms. The van der Waals surface area contributed by atoms with Crippen LogP contribution in [0.2, 0.25) is 0 Å².